The van der Waals surface area contributed by atoms with E-state index in [0.717, 1.165) is 0 Å². The molecular weight excluding hydrogens is 213 g/mol. The Kier molecular flexibility index (Phi) is 2.82. The third kappa shape index (κ3) is 1.88. The lowest BCUT2D eigenvalue weighted by Gasteiger charge is -2.18. The van der Waals surface area contributed by atoms with Crippen LogP contribution in [-0.2, 0) is 4.79 Å². The topological polar surface area (TPSA) is 75.1 Å². The number of nitrogens with zero attached hydrogens (tertiary/aromatic N) is 2. The van der Waals surface area contributed by atoms with Crippen molar-refractivity contribution in [1.82, 2.24) is 15.3 Å². The van der Waals surface area contributed by atoms with Crippen molar-refractivity contribution in [2.75, 3.05) is 6.54 Å². The van der Waals surface area contributed by atoms with Gasteiger partial charge in [0.1, 0.15) is 0 Å². The molecule has 1 aromatic rings. The van der Waals surface area contributed by atoms with E-state index in [2.05, 4.69) is 15.3 Å². The molecule has 1 saturated heterocycles. The number of rotatable bonds is 2. The second-order valence-electron chi connectivity index (χ2n) is 3.88. The summed E-state index contributed by atoms with van der Waals surface area (Å²) < 4.78 is 12.9. The summed E-state index contributed by atoms with van der Waals surface area (Å²) in [6, 6.07) is 1.49. The molecule has 1 aliphatic rings. The molecule has 86 valence electrons. The first-order valence-corrected chi connectivity index (χ1v) is 5.04. The van der Waals surface area contributed by atoms with Crippen LogP contribution in [0.15, 0.2) is 12.3 Å². The third-order valence-electron chi connectivity index (χ3n) is 2.81. The van der Waals surface area contributed by atoms with Gasteiger partial charge in [0.25, 0.3) is 0 Å². The molecule has 1 aromatic heterocycles. The van der Waals surface area contributed by atoms with Gasteiger partial charge in [-0.1, -0.05) is 0 Å². The van der Waals surface area contributed by atoms with E-state index in [9.17, 15) is 14.3 Å². The number of aliphatic hydroxyl groups excluding tert-OH is 1. The summed E-state index contributed by atoms with van der Waals surface area (Å²) >= 11 is 0. The average Bonchev–Trinajstić information content (AvgIpc) is 2.60. The van der Waals surface area contributed by atoms with Gasteiger partial charge in [-0.05, 0) is 13.0 Å². The first-order valence-electron chi connectivity index (χ1n) is 5.04. The summed E-state index contributed by atoms with van der Waals surface area (Å²) in [4.78, 5) is 18.5. The maximum absolute atomic E-state index is 12.9. The maximum Gasteiger partial charge on any atom is 0.308 e. The third-order valence-corrected chi connectivity index (χ3v) is 2.81. The van der Waals surface area contributed by atoms with Crippen molar-refractivity contribution in [2.24, 2.45) is 5.92 Å². The van der Waals surface area contributed by atoms with Gasteiger partial charge in [0, 0.05) is 18.7 Å². The van der Waals surface area contributed by atoms with Crippen molar-refractivity contribution < 1.29 is 14.3 Å². The minimum atomic E-state index is -0.860. The second kappa shape index (κ2) is 4.13. The number of aliphatic hydroxyl groups is 1. The molecule has 6 heteroatoms. The zero-order chi connectivity index (χ0) is 11.7. The van der Waals surface area contributed by atoms with Crippen molar-refractivity contribution in [2.45, 2.75) is 18.9 Å². The van der Waals surface area contributed by atoms with E-state index in [4.69, 9.17) is 0 Å². The zero-order valence-corrected chi connectivity index (χ0v) is 8.72. The van der Waals surface area contributed by atoms with Crippen LogP contribution >= 0.6 is 0 Å². The predicted molar refractivity (Wildman–Crippen MR) is 52.9 cm³/mol. The van der Waals surface area contributed by atoms with Gasteiger partial charge in [0.2, 0.25) is 5.91 Å². The van der Waals surface area contributed by atoms with Gasteiger partial charge in [0.15, 0.2) is 0 Å². The Morgan fingerprint density at radius 2 is 2.44 bits per heavy atom. The Bertz CT molecular complexity index is 411. The molecule has 2 N–H and O–H groups in total. The Morgan fingerprint density at radius 3 is 3.06 bits per heavy atom. The molecule has 0 saturated carbocycles. The van der Waals surface area contributed by atoms with Crippen LogP contribution in [0.3, 0.4) is 0 Å². The summed E-state index contributed by atoms with van der Waals surface area (Å²) in [5, 5.41) is 12.2. The number of hydrogen-bond acceptors (Lipinski definition) is 4. The smallest absolute Gasteiger partial charge is 0.308 e. The fraction of sp³-hybridized carbons (Fsp3) is 0.500. The fourth-order valence-corrected chi connectivity index (χ4v) is 1.96. The second-order valence-corrected chi connectivity index (χ2v) is 3.88. The minimum Gasteiger partial charge on any atom is -0.393 e. The number of carbonyl (C=O) groups excluding carboxylic acids is 1. The molecular formula is C10H12FN3O2. The monoisotopic (exact) mass is 225 g/mol. The zero-order valence-electron chi connectivity index (χ0n) is 8.72. The molecule has 1 aliphatic heterocycles. The highest BCUT2D eigenvalue weighted by Crippen LogP contribution is 2.29. The van der Waals surface area contributed by atoms with E-state index in [1.54, 1.807) is 6.92 Å². The summed E-state index contributed by atoms with van der Waals surface area (Å²) in [6.07, 6.45) is -0.244. The van der Waals surface area contributed by atoms with Gasteiger partial charge in [-0.15, -0.1) is 0 Å². The Hall–Kier alpha value is -1.56. The molecule has 2 rings (SSSR count). The van der Waals surface area contributed by atoms with Gasteiger partial charge in [-0.25, -0.2) is 9.97 Å². The van der Waals surface area contributed by atoms with E-state index in [1.807, 2.05) is 0 Å². The number of aromatic nitrogens is 2. The summed E-state index contributed by atoms with van der Waals surface area (Å²) in [5.74, 6) is -1.11. The average molecular weight is 225 g/mol. The highest BCUT2D eigenvalue weighted by Gasteiger charge is 2.39. The molecule has 0 aromatic carbocycles. The van der Waals surface area contributed by atoms with E-state index in [0.29, 0.717) is 12.2 Å². The van der Waals surface area contributed by atoms with Crippen molar-refractivity contribution in [3.63, 3.8) is 0 Å². The Labute approximate surface area is 91.7 Å². The number of hydrogen-bond donors (Lipinski definition) is 2. The minimum absolute atomic E-state index is 0.232. The number of halogens is 1. The van der Waals surface area contributed by atoms with E-state index >= 15 is 0 Å². The quantitative estimate of drug-likeness (QED) is 0.685. The van der Waals surface area contributed by atoms with E-state index < -0.39 is 18.1 Å². The predicted octanol–water partition coefficient (Wildman–Crippen LogP) is -0.174. The molecule has 0 radical (unpaired) electrons. The van der Waals surface area contributed by atoms with Crippen LogP contribution in [0.1, 0.15) is 18.5 Å². The van der Waals surface area contributed by atoms with Crippen LogP contribution in [0.4, 0.5) is 4.39 Å². The van der Waals surface area contributed by atoms with Crippen LogP contribution in [0.5, 0.6) is 0 Å². The number of amides is 1. The van der Waals surface area contributed by atoms with Gasteiger partial charge < -0.3 is 10.4 Å². The van der Waals surface area contributed by atoms with Gasteiger partial charge in [0.05, 0.1) is 17.7 Å². The van der Waals surface area contributed by atoms with Crippen molar-refractivity contribution >= 4 is 5.91 Å². The molecule has 2 heterocycles. The molecule has 1 unspecified atom stereocenters. The van der Waals surface area contributed by atoms with Crippen molar-refractivity contribution in [3.8, 4) is 0 Å². The van der Waals surface area contributed by atoms with E-state index in [1.165, 1.54) is 12.3 Å². The number of carbonyl (C=O) groups is 1. The standard InChI is InChI=1S/C10H12FN3O2/c1-5(15)6-4-13-9(16)8(6)7-2-3-12-10(11)14-7/h2-3,5-6,8,15H,4H2,1H3,(H,13,16)/t5-,6?,8-/m1/s1. The summed E-state index contributed by atoms with van der Waals surface area (Å²) in [5.41, 5.74) is 0.313. The van der Waals surface area contributed by atoms with Crippen LogP contribution < -0.4 is 5.32 Å². The number of nitrogens with one attached hydrogen (secondary N) is 1. The van der Waals surface area contributed by atoms with Gasteiger partial charge in [-0.3, -0.25) is 4.79 Å². The lowest BCUT2D eigenvalue weighted by molar-refractivity contribution is -0.121. The lowest BCUT2D eigenvalue weighted by atomic mass is 9.88. The van der Waals surface area contributed by atoms with E-state index in [-0.39, 0.29) is 11.8 Å². The van der Waals surface area contributed by atoms with Crippen LogP contribution in [0.25, 0.3) is 0 Å². The van der Waals surface area contributed by atoms with Crippen LogP contribution in [0, 0.1) is 12.0 Å². The van der Waals surface area contributed by atoms with Crippen molar-refractivity contribution in [1.29, 1.82) is 0 Å². The fourth-order valence-electron chi connectivity index (χ4n) is 1.96. The molecule has 3 atom stereocenters. The Balaban J connectivity index is 2.33. The molecule has 0 bridgehead atoms. The van der Waals surface area contributed by atoms with Crippen LogP contribution in [0.2, 0.25) is 0 Å². The van der Waals surface area contributed by atoms with Gasteiger partial charge >= 0.3 is 6.08 Å². The normalized spacial score (nSPS) is 26.6. The molecule has 1 amide bonds. The SMILES string of the molecule is C[C@@H](O)C1CNC(=O)[C@H]1c1ccnc(F)n1. The largest absolute Gasteiger partial charge is 0.393 e. The van der Waals surface area contributed by atoms with Crippen LogP contribution in [-0.4, -0.2) is 33.6 Å². The maximum atomic E-state index is 12.9. The molecule has 5 nitrogen and oxygen atoms in total. The summed E-state index contributed by atoms with van der Waals surface area (Å²) in [7, 11) is 0. The molecule has 16 heavy (non-hydrogen) atoms. The molecule has 1 fully saturated rings. The lowest BCUT2D eigenvalue weighted by Crippen LogP contribution is -2.25. The Morgan fingerprint density at radius 1 is 1.69 bits per heavy atom. The van der Waals surface area contributed by atoms with Crippen molar-refractivity contribution in [3.05, 3.63) is 24.0 Å². The highest BCUT2D eigenvalue weighted by molar-refractivity contribution is 5.85. The summed E-state index contributed by atoms with van der Waals surface area (Å²) in [6.45, 7) is 1.99. The molecule has 0 spiro atoms. The first kappa shape index (κ1) is 10.9. The first-order chi connectivity index (χ1) is 7.59. The van der Waals surface area contributed by atoms with Gasteiger partial charge in [-0.2, -0.15) is 4.39 Å². The molecule has 0 aliphatic carbocycles. The highest BCUT2D eigenvalue weighted by atomic mass is 19.1.